The summed E-state index contributed by atoms with van der Waals surface area (Å²) in [5, 5.41) is 0. The molecule has 2 heterocycles. The molecule has 0 aliphatic carbocycles. The van der Waals surface area contributed by atoms with Gasteiger partial charge in [-0.1, -0.05) is 60.7 Å². The van der Waals surface area contributed by atoms with Crippen LogP contribution in [-0.4, -0.2) is 53.6 Å². The molecule has 0 N–H and O–H groups in total. The van der Waals surface area contributed by atoms with Crippen molar-refractivity contribution < 1.29 is 19.1 Å². The Morgan fingerprint density at radius 2 is 1.60 bits per heavy atom. The lowest BCUT2D eigenvalue weighted by Gasteiger charge is -2.48. The molecular weight excluding hydrogens is 380 g/mol. The molecule has 2 aromatic carbocycles. The quantitative estimate of drug-likeness (QED) is 0.657. The molecule has 2 amide bonds. The van der Waals surface area contributed by atoms with E-state index in [0.29, 0.717) is 32.7 Å². The molecule has 6 nitrogen and oxygen atoms in total. The van der Waals surface area contributed by atoms with Crippen molar-refractivity contribution in [3.63, 3.8) is 0 Å². The fraction of sp³-hybridized carbons (Fsp3) is 0.417. The Hall–Kier alpha value is -2.86. The van der Waals surface area contributed by atoms with Gasteiger partial charge in [0, 0.05) is 13.1 Å². The van der Waals surface area contributed by atoms with E-state index in [2.05, 4.69) is 0 Å². The predicted molar refractivity (Wildman–Crippen MR) is 113 cm³/mol. The van der Waals surface area contributed by atoms with E-state index in [4.69, 9.17) is 9.47 Å². The first kappa shape index (κ1) is 20.4. The first-order valence-corrected chi connectivity index (χ1v) is 10.6. The van der Waals surface area contributed by atoms with Gasteiger partial charge >= 0.3 is 6.09 Å². The molecule has 0 spiro atoms. The van der Waals surface area contributed by atoms with Gasteiger partial charge in [-0.2, -0.15) is 0 Å². The van der Waals surface area contributed by atoms with Crippen molar-refractivity contribution in [2.45, 2.75) is 44.6 Å². The second-order valence-corrected chi connectivity index (χ2v) is 7.87. The maximum Gasteiger partial charge on any atom is 0.411 e. The Labute approximate surface area is 177 Å². The number of likely N-dealkylation sites (tertiary alicyclic amines) is 1. The number of amides is 2. The Kier molecular flexibility index (Phi) is 6.64. The molecule has 2 atom stereocenters. The van der Waals surface area contributed by atoms with Gasteiger partial charge in [0.2, 0.25) is 5.91 Å². The Balaban J connectivity index is 1.30. The topological polar surface area (TPSA) is 59.1 Å². The van der Waals surface area contributed by atoms with Gasteiger partial charge in [-0.25, -0.2) is 4.79 Å². The summed E-state index contributed by atoms with van der Waals surface area (Å²) in [7, 11) is 0. The standard InChI is InChI=1S/C24H28N2O4/c27-23-22-13-7-12-21(26(22)24(28)30-18-20-10-5-2-6-11-20)16-25(23)14-15-29-17-19-8-3-1-4-9-19/h1-6,8-11,21-22H,7,12-18H2. The molecule has 0 aromatic heterocycles. The van der Waals surface area contributed by atoms with E-state index in [-0.39, 0.29) is 24.6 Å². The van der Waals surface area contributed by atoms with Crippen molar-refractivity contribution in [3.05, 3.63) is 71.8 Å². The van der Waals surface area contributed by atoms with Gasteiger partial charge in [-0.05, 0) is 30.4 Å². The third kappa shape index (κ3) is 4.82. The van der Waals surface area contributed by atoms with Crippen LogP contribution in [0.25, 0.3) is 0 Å². The number of piperazine rings is 1. The highest BCUT2D eigenvalue weighted by molar-refractivity contribution is 5.87. The predicted octanol–water partition coefficient (Wildman–Crippen LogP) is 3.61. The monoisotopic (exact) mass is 408 g/mol. The Morgan fingerprint density at radius 3 is 2.30 bits per heavy atom. The normalized spacial score (nSPS) is 20.9. The summed E-state index contributed by atoms with van der Waals surface area (Å²) in [5.74, 6) is 0.00548. The number of carbonyl (C=O) groups excluding carboxylic acids is 2. The van der Waals surface area contributed by atoms with Crippen LogP contribution in [0.15, 0.2) is 60.7 Å². The van der Waals surface area contributed by atoms with E-state index in [1.54, 1.807) is 4.90 Å². The van der Waals surface area contributed by atoms with Crippen molar-refractivity contribution in [1.29, 1.82) is 0 Å². The summed E-state index contributed by atoms with van der Waals surface area (Å²) in [6.07, 6.45) is 2.16. The van der Waals surface area contributed by atoms with Gasteiger partial charge < -0.3 is 14.4 Å². The largest absolute Gasteiger partial charge is 0.445 e. The van der Waals surface area contributed by atoms with E-state index >= 15 is 0 Å². The van der Waals surface area contributed by atoms with E-state index < -0.39 is 6.04 Å². The van der Waals surface area contributed by atoms with Gasteiger partial charge in [0.15, 0.2) is 0 Å². The van der Waals surface area contributed by atoms with E-state index in [1.165, 1.54) is 0 Å². The second kappa shape index (κ2) is 9.76. The third-order valence-electron chi connectivity index (χ3n) is 5.81. The highest BCUT2D eigenvalue weighted by Crippen LogP contribution is 2.30. The van der Waals surface area contributed by atoms with Crippen molar-refractivity contribution in [2.24, 2.45) is 0 Å². The smallest absolute Gasteiger partial charge is 0.411 e. The van der Waals surface area contributed by atoms with Crippen LogP contribution in [0.5, 0.6) is 0 Å². The minimum absolute atomic E-state index is 0.00548. The molecule has 0 saturated carbocycles. The lowest BCUT2D eigenvalue weighted by molar-refractivity contribution is -0.147. The molecule has 30 heavy (non-hydrogen) atoms. The molecule has 0 radical (unpaired) electrons. The van der Waals surface area contributed by atoms with Crippen molar-refractivity contribution in [1.82, 2.24) is 9.80 Å². The molecule has 158 valence electrons. The van der Waals surface area contributed by atoms with Gasteiger partial charge in [0.05, 0.1) is 19.3 Å². The first-order chi connectivity index (χ1) is 14.7. The number of hydrogen-bond acceptors (Lipinski definition) is 4. The lowest BCUT2D eigenvalue weighted by Crippen LogP contribution is -2.65. The Morgan fingerprint density at radius 1 is 0.933 bits per heavy atom. The van der Waals surface area contributed by atoms with Crippen molar-refractivity contribution >= 4 is 12.0 Å². The fourth-order valence-corrected chi connectivity index (χ4v) is 4.27. The molecule has 4 rings (SSSR count). The molecule has 2 unspecified atom stereocenters. The van der Waals surface area contributed by atoms with Crippen molar-refractivity contribution in [2.75, 3.05) is 19.7 Å². The molecule has 2 saturated heterocycles. The average Bonchev–Trinajstić information content (AvgIpc) is 2.79. The summed E-state index contributed by atoms with van der Waals surface area (Å²) in [6.45, 7) is 2.34. The summed E-state index contributed by atoms with van der Waals surface area (Å²) in [6, 6.07) is 19.2. The number of benzene rings is 2. The minimum atomic E-state index is -0.421. The molecule has 2 bridgehead atoms. The summed E-state index contributed by atoms with van der Waals surface area (Å²) < 4.78 is 11.3. The number of nitrogens with zero attached hydrogens (tertiary/aromatic N) is 2. The number of hydrogen-bond donors (Lipinski definition) is 0. The Bertz CT molecular complexity index is 843. The van der Waals surface area contributed by atoms with E-state index in [1.807, 2.05) is 65.6 Å². The molecule has 2 aromatic rings. The van der Waals surface area contributed by atoms with Crippen LogP contribution in [0.1, 0.15) is 30.4 Å². The zero-order valence-electron chi connectivity index (χ0n) is 17.1. The number of rotatable bonds is 7. The van der Waals surface area contributed by atoms with Gasteiger partial charge in [0.1, 0.15) is 12.6 Å². The SMILES string of the molecule is O=C1C2CCCC(CN1CCOCc1ccccc1)N2C(=O)OCc1ccccc1. The molecular formula is C24H28N2O4. The van der Waals surface area contributed by atoms with Crippen LogP contribution < -0.4 is 0 Å². The van der Waals surface area contributed by atoms with Crippen LogP contribution in [0.3, 0.4) is 0 Å². The summed E-state index contributed by atoms with van der Waals surface area (Å²) >= 11 is 0. The highest BCUT2D eigenvalue weighted by atomic mass is 16.6. The number of fused-ring (bicyclic) bond motifs is 2. The first-order valence-electron chi connectivity index (χ1n) is 10.6. The van der Waals surface area contributed by atoms with E-state index in [9.17, 15) is 9.59 Å². The second-order valence-electron chi connectivity index (χ2n) is 7.87. The van der Waals surface area contributed by atoms with Gasteiger partial charge in [-0.15, -0.1) is 0 Å². The number of carbonyl (C=O) groups is 2. The van der Waals surface area contributed by atoms with Crippen LogP contribution >= 0.6 is 0 Å². The van der Waals surface area contributed by atoms with Crippen LogP contribution in [0.4, 0.5) is 4.79 Å². The number of ether oxygens (including phenoxy) is 2. The minimum Gasteiger partial charge on any atom is -0.445 e. The summed E-state index contributed by atoms with van der Waals surface area (Å²) in [5.41, 5.74) is 2.06. The molecule has 2 aliphatic heterocycles. The maximum atomic E-state index is 13.0. The lowest BCUT2D eigenvalue weighted by atomic mass is 9.91. The average molecular weight is 408 g/mol. The molecule has 6 heteroatoms. The number of piperidine rings is 1. The molecule has 2 aliphatic rings. The zero-order valence-corrected chi connectivity index (χ0v) is 17.1. The maximum absolute atomic E-state index is 13.0. The van der Waals surface area contributed by atoms with Gasteiger partial charge in [0.25, 0.3) is 0 Å². The van der Waals surface area contributed by atoms with Crippen LogP contribution in [0, 0.1) is 0 Å². The zero-order chi connectivity index (χ0) is 20.8. The van der Waals surface area contributed by atoms with Gasteiger partial charge in [-0.3, -0.25) is 9.69 Å². The third-order valence-corrected chi connectivity index (χ3v) is 5.81. The van der Waals surface area contributed by atoms with Crippen LogP contribution in [0.2, 0.25) is 0 Å². The highest BCUT2D eigenvalue weighted by Gasteiger charge is 2.45. The van der Waals surface area contributed by atoms with Crippen molar-refractivity contribution in [3.8, 4) is 0 Å². The molecule has 2 fully saturated rings. The van der Waals surface area contributed by atoms with Crippen LogP contribution in [-0.2, 0) is 27.5 Å². The fourth-order valence-electron chi connectivity index (χ4n) is 4.27. The summed E-state index contributed by atoms with van der Waals surface area (Å²) in [4.78, 5) is 29.3. The van der Waals surface area contributed by atoms with E-state index in [0.717, 1.165) is 24.0 Å².